The van der Waals surface area contributed by atoms with E-state index in [2.05, 4.69) is 19.9 Å². The molecule has 0 unspecified atom stereocenters. The van der Waals surface area contributed by atoms with Crippen LogP contribution in [-0.4, -0.2) is 43.8 Å². The summed E-state index contributed by atoms with van der Waals surface area (Å²) in [4.78, 5) is 32.1. The van der Waals surface area contributed by atoms with Crippen molar-refractivity contribution < 1.29 is 4.79 Å². The maximum absolute atomic E-state index is 12.8. The van der Waals surface area contributed by atoms with Crippen LogP contribution in [0.5, 0.6) is 0 Å². The van der Waals surface area contributed by atoms with Crippen LogP contribution in [0.2, 0.25) is 0 Å². The Hall–Kier alpha value is -2.37. The van der Waals surface area contributed by atoms with E-state index in [0.717, 1.165) is 36.7 Å². The monoisotopic (exact) mass is 323 g/mol. The summed E-state index contributed by atoms with van der Waals surface area (Å²) >= 11 is 0. The van der Waals surface area contributed by atoms with Crippen molar-refractivity contribution in [3.05, 3.63) is 47.6 Å². The van der Waals surface area contributed by atoms with Gasteiger partial charge in [-0.3, -0.25) is 4.79 Å². The lowest BCUT2D eigenvalue weighted by molar-refractivity contribution is 0.0705. The molecule has 2 aromatic heterocycles. The molecular weight excluding hydrogens is 302 g/mol. The summed E-state index contributed by atoms with van der Waals surface area (Å²) < 4.78 is 0. The van der Waals surface area contributed by atoms with Crippen LogP contribution in [0.4, 0.5) is 0 Å². The number of carbonyl (C=O) groups excluding carboxylic acids is 1. The second-order valence-electron chi connectivity index (χ2n) is 6.72. The van der Waals surface area contributed by atoms with Gasteiger partial charge in [0.2, 0.25) is 0 Å². The molecule has 0 spiro atoms. The highest BCUT2D eigenvalue weighted by Crippen LogP contribution is 2.37. The topological polar surface area (TPSA) is 71.9 Å². The molecule has 2 aliphatic rings. The van der Waals surface area contributed by atoms with Crippen LogP contribution in [0.15, 0.2) is 24.7 Å². The Balaban J connectivity index is 1.47. The number of carbonyl (C=O) groups is 1. The molecule has 4 rings (SSSR count). The van der Waals surface area contributed by atoms with Crippen LogP contribution < -0.4 is 0 Å². The summed E-state index contributed by atoms with van der Waals surface area (Å²) in [7, 11) is 0. The molecule has 1 amide bonds. The molecule has 0 radical (unpaired) electrons. The van der Waals surface area contributed by atoms with E-state index in [4.69, 9.17) is 0 Å². The predicted octanol–water partition coefficient (Wildman–Crippen LogP) is 2.47. The van der Waals surface area contributed by atoms with Crippen molar-refractivity contribution in [3.63, 3.8) is 0 Å². The Morgan fingerprint density at radius 2 is 1.92 bits per heavy atom. The van der Waals surface area contributed by atoms with Gasteiger partial charge in [-0.05, 0) is 38.7 Å². The van der Waals surface area contributed by atoms with Crippen molar-refractivity contribution in [1.82, 2.24) is 24.8 Å². The van der Waals surface area contributed by atoms with Gasteiger partial charge in [-0.1, -0.05) is 0 Å². The average molecular weight is 323 g/mol. The minimum atomic E-state index is 0.0211. The van der Waals surface area contributed by atoms with Crippen molar-refractivity contribution in [1.29, 1.82) is 0 Å². The van der Waals surface area contributed by atoms with Gasteiger partial charge in [-0.2, -0.15) is 0 Å². The zero-order valence-corrected chi connectivity index (χ0v) is 13.9. The molecule has 1 aliphatic carbocycles. The van der Waals surface area contributed by atoms with Crippen LogP contribution in [0.3, 0.4) is 0 Å². The second-order valence-corrected chi connectivity index (χ2v) is 6.72. The number of nitrogens with zero attached hydrogens (tertiary/aromatic N) is 5. The van der Waals surface area contributed by atoms with Crippen molar-refractivity contribution in [3.8, 4) is 0 Å². The van der Waals surface area contributed by atoms with Crippen LogP contribution >= 0.6 is 0 Å². The number of hydrogen-bond acceptors (Lipinski definition) is 5. The standard InChI is InChI=1S/C18H21N5O/c1-12-19-7-6-16(22-12)14-3-2-8-23(11-14)18(24)15-9-20-17(21-10-15)13-4-5-13/h6-7,9-10,13-14H,2-5,8,11H2,1H3/t14-/m0/s1. The van der Waals surface area contributed by atoms with E-state index in [1.807, 2.05) is 17.9 Å². The van der Waals surface area contributed by atoms with Gasteiger partial charge in [0.25, 0.3) is 5.91 Å². The van der Waals surface area contributed by atoms with Gasteiger partial charge in [0.05, 0.1) is 5.56 Å². The Morgan fingerprint density at radius 3 is 2.62 bits per heavy atom. The van der Waals surface area contributed by atoms with E-state index in [9.17, 15) is 4.79 Å². The molecule has 1 atom stereocenters. The first-order valence-electron chi connectivity index (χ1n) is 8.61. The van der Waals surface area contributed by atoms with Crippen LogP contribution in [0, 0.1) is 6.92 Å². The van der Waals surface area contributed by atoms with Crippen molar-refractivity contribution in [2.24, 2.45) is 0 Å². The molecule has 6 heteroatoms. The molecule has 1 saturated heterocycles. The molecular formula is C18H21N5O. The van der Waals surface area contributed by atoms with Gasteiger partial charge in [-0.15, -0.1) is 0 Å². The van der Waals surface area contributed by atoms with Crippen molar-refractivity contribution in [2.45, 2.75) is 44.4 Å². The van der Waals surface area contributed by atoms with Gasteiger partial charge < -0.3 is 4.90 Å². The summed E-state index contributed by atoms with van der Waals surface area (Å²) in [6.45, 7) is 3.37. The number of hydrogen-bond donors (Lipinski definition) is 0. The summed E-state index contributed by atoms with van der Waals surface area (Å²) in [6, 6.07) is 1.96. The van der Waals surface area contributed by atoms with E-state index >= 15 is 0 Å². The third-order valence-corrected chi connectivity index (χ3v) is 4.79. The molecule has 24 heavy (non-hydrogen) atoms. The van der Waals surface area contributed by atoms with E-state index in [-0.39, 0.29) is 11.8 Å². The number of aromatic nitrogens is 4. The number of aryl methyl sites for hydroxylation is 1. The molecule has 6 nitrogen and oxygen atoms in total. The molecule has 1 saturated carbocycles. The summed E-state index contributed by atoms with van der Waals surface area (Å²) in [5.74, 6) is 2.46. The van der Waals surface area contributed by atoms with E-state index in [1.165, 1.54) is 12.8 Å². The smallest absolute Gasteiger partial charge is 0.257 e. The Morgan fingerprint density at radius 1 is 1.12 bits per heavy atom. The Kier molecular flexibility index (Phi) is 3.96. The SMILES string of the molecule is Cc1nccc([C@H]2CCCN(C(=O)c3cnc(C4CC4)nc3)C2)n1. The normalized spacial score (nSPS) is 20.9. The maximum atomic E-state index is 12.8. The number of amides is 1. The second kappa shape index (κ2) is 6.26. The van der Waals surface area contributed by atoms with E-state index < -0.39 is 0 Å². The van der Waals surface area contributed by atoms with Gasteiger partial charge in [-0.25, -0.2) is 19.9 Å². The molecule has 0 bridgehead atoms. The predicted molar refractivity (Wildman–Crippen MR) is 88.7 cm³/mol. The van der Waals surface area contributed by atoms with Gasteiger partial charge in [0, 0.05) is 49.2 Å². The summed E-state index contributed by atoms with van der Waals surface area (Å²) in [5.41, 5.74) is 1.61. The highest BCUT2D eigenvalue weighted by Gasteiger charge is 2.29. The van der Waals surface area contributed by atoms with Crippen LogP contribution in [0.1, 0.15) is 65.2 Å². The number of piperidine rings is 1. The maximum Gasteiger partial charge on any atom is 0.257 e. The minimum Gasteiger partial charge on any atom is -0.338 e. The zero-order valence-electron chi connectivity index (χ0n) is 13.9. The summed E-state index contributed by atoms with van der Waals surface area (Å²) in [6.07, 6.45) is 9.53. The Bertz CT molecular complexity index is 741. The lowest BCUT2D eigenvalue weighted by Gasteiger charge is -2.32. The fourth-order valence-corrected chi connectivity index (χ4v) is 3.29. The van der Waals surface area contributed by atoms with Crippen molar-refractivity contribution >= 4 is 5.91 Å². The van der Waals surface area contributed by atoms with Gasteiger partial charge in [0.15, 0.2) is 0 Å². The third kappa shape index (κ3) is 3.13. The molecule has 3 heterocycles. The van der Waals surface area contributed by atoms with Gasteiger partial charge in [0.1, 0.15) is 11.6 Å². The molecule has 0 aromatic carbocycles. The molecule has 0 N–H and O–H groups in total. The van der Waals surface area contributed by atoms with Gasteiger partial charge >= 0.3 is 0 Å². The number of rotatable bonds is 3. The fourth-order valence-electron chi connectivity index (χ4n) is 3.29. The third-order valence-electron chi connectivity index (χ3n) is 4.79. The minimum absolute atomic E-state index is 0.0211. The number of likely N-dealkylation sites (tertiary alicyclic amines) is 1. The first-order chi connectivity index (χ1) is 11.7. The Labute approximate surface area is 141 Å². The zero-order chi connectivity index (χ0) is 16.5. The average Bonchev–Trinajstić information content (AvgIpc) is 3.47. The highest BCUT2D eigenvalue weighted by atomic mass is 16.2. The van der Waals surface area contributed by atoms with E-state index in [1.54, 1.807) is 18.6 Å². The molecule has 1 aliphatic heterocycles. The molecule has 124 valence electrons. The highest BCUT2D eigenvalue weighted by molar-refractivity contribution is 5.93. The summed E-state index contributed by atoms with van der Waals surface area (Å²) in [5, 5.41) is 0. The first kappa shape index (κ1) is 15.2. The van der Waals surface area contributed by atoms with Crippen LogP contribution in [-0.2, 0) is 0 Å². The van der Waals surface area contributed by atoms with Crippen LogP contribution in [0.25, 0.3) is 0 Å². The first-order valence-corrected chi connectivity index (χ1v) is 8.61. The quantitative estimate of drug-likeness (QED) is 0.867. The molecule has 2 fully saturated rings. The fraction of sp³-hybridized carbons (Fsp3) is 0.500. The van der Waals surface area contributed by atoms with E-state index in [0.29, 0.717) is 18.0 Å². The van der Waals surface area contributed by atoms with Crippen molar-refractivity contribution in [2.75, 3.05) is 13.1 Å². The lowest BCUT2D eigenvalue weighted by Crippen LogP contribution is -2.39. The molecule has 2 aromatic rings. The lowest BCUT2D eigenvalue weighted by atomic mass is 9.94. The largest absolute Gasteiger partial charge is 0.338 e.